The van der Waals surface area contributed by atoms with Crippen LogP contribution in [0.15, 0.2) is 65.3 Å². The standard InChI is InChI=1S/C25H18ClNO3/c1-15-11-22-24(16(2)25(15)26)20(14-29-22)12-23(28)30-21-9-7-19(8-10-21)18-5-3-17(13-27)4-6-18/h3-11,14H,12H2,1-2H3. The highest BCUT2D eigenvalue weighted by atomic mass is 35.5. The molecule has 4 rings (SSSR count). The van der Waals surface area contributed by atoms with Gasteiger partial charge in [-0.3, -0.25) is 4.79 Å². The summed E-state index contributed by atoms with van der Waals surface area (Å²) < 4.78 is 11.1. The molecule has 0 saturated heterocycles. The zero-order valence-corrected chi connectivity index (χ0v) is 17.3. The van der Waals surface area contributed by atoms with Crippen molar-refractivity contribution in [2.24, 2.45) is 0 Å². The molecule has 0 amide bonds. The number of ether oxygens (including phenoxy) is 1. The van der Waals surface area contributed by atoms with Crippen molar-refractivity contribution < 1.29 is 13.9 Å². The number of aryl methyl sites for hydroxylation is 2. The van der Waals surface area contributed by atoms with Crippen LogP contribution in [0.3, 0.4) is 0 Å². The molecule has 0 aliphatic heterocycles. The minimum atomic E-state index is -0.375. The van der Waals surface area contributed by atoms with Gasteiger partial charge in [-0.15, -0.1) is 0 Å². The molecule has 4 aromatic rings. The number of nitrogens with zero attached hydrogens (tertiary/aromatic N) is 1. The highest BCUT2D eigenvalue weighted by molar-refractivity contribution is 6.33. The number of carbonyl (C=O) groups excluding carboxylic acids is 1. The third-order valence-corrected chi connectivity index (χ3v) is 5.64. The molecule has 0 spiro atoms. The fourth-order valence-electron chi connectivity index (χ4n) is 3.51. The van der Waals surface area contributed by atoms with Crippen molar-refractivity contribution in [3.63, 3.8) is 0 Å². The van der Waals surface area contributed by atoms with Gasteiger partial charge in [-0.1, -0.05) is 35.9 Å². The van der Waals surface area contributed by atoms with Gasteiger partial charge in [-0.25, -0.2) is 0 Å². The third-order valence-electron chi connectivity index (χ3n) is 5.06. The van der Waals surface area contributed by atoms with Crippen molar-refractivity contribution in [1.82, 2.24) is 0 Å². The van der Waals surface area contributed by atoms with E-state index in [1.165, 1.54) is 0 Å². The molecule has 0 aliphatic carbocycles. The summed E-state index contributed by atoms with van der Waals surface area (Å²) in [5, 5.41) is 10.4. The van der Waals surface area contributed by atoms with Crippen LogP contribution < -0.4 is 4.74 Å². The molecule has 0 N–H and O–H groups in total. The van der Waals surface area contributed by atoms with E-state index in [-0.39, 0.29) is 12.4 Å². The first kappa shape index (κ1) is 19.8. The molecular formula is C25H18ClNO3. The normalized spacial score (nSPS) is 10.7. The number of hydrogen-bond acceptors (Lipinski definition) is 4. The van der Waals surface area contributed by atoms with Crippen LogP contribution in [0.2, 0.25) is 5.02 Å². The average molecular weight is 416 g/mol. The van der Waals surface area contributed by atoms with E-state index in [4.69, 9.17) is 26.0 Å². The summed E-state index contributed by atoms with van der Waals surface area (Å²) in [6, 6.07) is 18.6. The number of benzene rings is 3. The first-order valence-electron chi connectivity index (χ1n) is 9.43. The Kier molecular flexibility index (Phi) is 5.31. The second-order valence-electron chi connectivity index (χ2n) is 7.13. The molecule has 5 heteroatoms. The third kappa shape index (κ3) is 3.80. The highest BCUT2D eigenvalue weighted by Gasteiger charge is 2.17. The first-order valence-corrected chi connectivity index (χ1v) is 9.81. The first-order chi connectivity index (χ1) is 14.5. The number of furan rings is 1. The van der Waals surface area contributed by atoms with Crippen LogP contribution in [0.25, 0.3) is 22.1 Å². The molecule has 1 heterocycles. The molecule has 0 aliphatic rings. The predicted molar refractivity (Wildman–Crippen MR) is 117 cm³/mol. The Morgan fingerprint density at radius 1 is 1.07 bits per heavy atom. The quantitative estimate of drug-likeness (QED) is 0.286. The molecule has 4 nitrogen and oxygen atoms in total. The lowest BCUT2D eigenvalue weighted by molar-refractivity contribution is -0.133. The van der Waals surface area contributed by atoms with Crippen molar-refractivity contribution in [3.8, 4) is 22.9 Å². The van der Waals surface area contributed by atoms with Gasteiger partial charge in [0, 0.05) is 16.0 Å². The summed E-state index contributed by atoms with van der Waals surface area (Å²) in [5.41, 5.74) is 5.87. The molecule has 30 heavy (non-hydrogen) atoms. The minimum absolute atomic E-state index is 0.0879. The van der Waals surface area contributed by atoms with Gasteiger partial charge in [0.15, 0.2) is 0 Å². The Labute approximate surface area is 179 Å². The van der Waals surface area contributed by atoms with Gasteiger partial charge in [0.2, 0.25) is 0 Å². The maximum absolute atomic E-state index is 12.5. The summed E-state index contributed by atoms with van der Waals surface area (Å²) >= 11 is 6.36. The van der Waals surface area contributed by atoms with E-state index in [0.717, 1.165) is 33.2 Å². The van der Waals surface area contributed by atoms with Gasteiger partial charge >= 0.3 is 5.97 Å². The zero-order chi connectivity index (χ0) is 21.3. The number of esters is 1. The molecule has 148 valence electrons. The van der Waals surface area contributed by atoms with E-state index >= 15 is 0 Å². The van der Waals surface area contributed by atoms with Gasteiger partial charge in [0.1, 0.15) is 11.3 Å². The number of hydrogen-bond donors (Lipinski definition) is 0. The van der Waals surface area contributed by atoms with Crippen molar-refractivity contribution in [2.45, 2.75) is 20.3 Å². The topological polar surface area (TPSA) is 63.2 Å². The minimum Gasteiger partial charge on any atom is -0.464 e. The van der Waals surface area contributed by atoms with Crippen LogP contribution in [0.4, 0.5) is 0 Å². The van der Waals surface area contributed by atoms with E-state index in [2.05, 4.69) is 6.07 Å². The number of rotatable bonds is 4. The summed E-state index contributed by atoms with van der Waals surface area (Å²) in [4.78, 5) is 12.5. The molecule has 0 fully saturated rings. The van der Waals surface area contributed by atoms with Crippen LogP contribution >= 0.6 is 11.6 Å². The number of fused-ring (bicyclic) bond motifs is 1. The lowest BCUT2D eigenvalue weighted by atomic mass is 10.0. The fourth-order valence-corrected chi connectivity index (χ4v) is 3.66. The maximum Gasteiger partial charge on any atom is 0.315 e. The summed E-state index contributed by atoms with van der Waals surface area (Å²) in [7, 11) is 0. The van der Waals surface area contributed by atoms with E-state index in [9.17, 15) is 4.79 Å². The molecule has 0 saturated carbocycles. The van der Waals surface area contributed by atoms with Crippen LogP contribution in [0.5, 0.6) is 5.75 Å². The van der Waals surface area contributed by atoms with Gasteiger partial charge in [0.05, 0.1) is 24.3 Å². The predicted octanol–water partition coefficient (Wildman–Crippen LogP) is 6.39. The number of nitriles is 1. The maximum atomic E-state index is 12.5. The largest absolute Gasteiger partial charge is 0.464 e. The summed E-state index contributed by atoms with van der Waals surface area (Å²) in [5.74, 6) is 0.0933. The van der Waals surface area contributed by atoms with Crippen LogP contribution in [0.1, 0.15) is 22.3 Å². The second-order valence-corrected chi connectivity index (χ2v) is 7.51. The van der Waals surface area contributed by atoms with Gasteiger partial charge in [-0.2, -0.15) is 5.26 Å². The molecule has 3 aromatic carbocycles. The second kappa shape index (κ2) is 8.06. The molecule has 1 aromatic heterocycles. The van der Waals surface area contributed by atoms with Crippen molar-refractivity contribution in [3.05, 3.63) is 88.1 Å². The van der Waals surface area contributed by atoms with Crippen molar-refractivity contribution >= 4 is 28.5 Å². The Bertz CT molecular complexity index is 1280. The lowest BCUT2D eigenvalue weighted by Gasteiger charge is -2.07. The molecular weight excluding hydrogens is 398 g/mol. The fraction of sp³-hybridized carbons (Fsp3) is 0.120. The lowest BCUT2D eigenvalue weighted by Crippen LogP contribution is -2.11. The van der Waals surface area contributed by atoms with E-state index in [0.29, 0.717) is 21.9 Å². The Morgan fingerprint density at radius 2 is 1.70 bits per heavy atom. The average Bonchev–Trinajstić information content (AvgIpc) is 3.14. The van der Waals surface area contributed by atoms with Crippen LogP contribution in [-0.2, 0) is 11.2 Å². The summed E-state index contributed by atoms with van der Waals surface area (Å²) in [6.07, 6.45) is 1.67. The number of carbonyl (C=O) groups is 1. The van der Waals surface area contributed by atoms with Gasteiger partial charge in [-0.05, 0) is 66.4 Å². The Morgan fingerprint density at radius 3 is 2.33 bits per heavy atom. The van der Waals surface area contributed by atoms with Crippen LogP contribution in [0, 0.1) is 25.2 Å². The van der Waals surface area contributed by atoms with E-state index in [1.54, 1.807) is 30.5 Å². The van der Waals surface area contributed by atoms with E-state index in [1.807, 2.05) is 44.2 Å². The smallest absolute Gasteiger partial charge is 0.315 e. The number of halogens is 1. The monoisotopic (exact) mass is 415 g/mol. The molecule has 0 bridgehead atoms. The Hall–Kier alpha value is -3.55. The molecule has 0 radical (unpaired) electrons. The highest BCUT2D eigenvalue weighted by Crippen LogP contribution is 2.33. The molecule has 0 unspecified atom stereocenters. The Balaban J connectivity index is 1.49. The van der Waals surface area contributed by atoms with Crippen molar-refractivity contribution in [2.75, 3.05) is 0 Å². The SMILES string of the molecule is Cc1cc2occ(CC(=O)Oc3ccc(-c4ccc(C#N)cc4)cc3)c2c(C)c1Cl. The van der Waals surface area contributed by atoms with Gasteiger partial charge in [0.25, 0.3) is 0 Å². The van der Waals surface area contributed by atoms with Crippen molar-refractivity contribution in [1.29, 1.82) is 5.26 Å². The van der Waals surface area contributed by atoms with Crippen LogP contribution in [-0.4, -0.2) is 5.97 Å². The molecule has 0 atom stereocenters. The van der Waals surface area contributed by atoms with Gasteiger partial charge < -0.3 is 9.15 Å². The zero-order valence-electron chi connectivity index (χ0n) is 16.5. The summed E-state index contributed by atoms with van der Waals surface area (Å²) in [6.45, 7) is 3.84. The van der Waals surface area contributed by atoms with E-state index < -0.39 is 0 Å².